The molecule has 0 saturated heterocycles. The lowest BCUT2D eigenvalue weighted by Crippen LogP contribution is -2.14. The first kappa shape index (κ1) is 18.8. The van der Waals surface area contributed by atoms with Gasteiger partial charge >= 0.3 is 5.97 Å². The van der Waals surface area contributed by atoms with Gasteiger partial charge in [-0.15, -0.1) is 5.10 Å². The number of fused-ring (bicyclic) bond motifs is 1. The Hall–Kier alpha value is -3.01. The van der Waals surface area contributed by atoms with Crippen molar-refractivity contribution in [2.24, 2.45) is 0 Å². The summed E-state index contributed by atoms with van der Waals surface area (Å²) in [5.41, 5.74) is 2.40. The predicted octanol–water partition coefficient (Wildman–Crippen LogP) is 2.66. The quantitative estimate of drug-likeness (QED) is 0.275. The second-order valence-corrected chi connectivity index (χ2v) is 6.57. The zero-order valence-electron chi connectivity index (χ0n) is 15.0. The number of hydrogen-bond acceptors (Lipinski definition) is 8. The van der Waals surface area contributed by atoms with Gasteiger partial charge in [-0.25, -0.2) is 9.50 Å². The topological polar surface area (TPSA) is 113 Å². The molecular formula is C17H17N5O4S. The minimum atomic E-state index is -0.497. The summed E-state index contributed by atoms with van der Waals surface area (Å²) in [6.45, 7) is 3.47. The number of carbonyl (C=O) groups is 1. The number of benzene rings is 1. The number of aryl methyl sites for hydroxylation is 2. The van der Waals surface area contributed by atoms with E-state index in [2.05, 4.69) is 15.1 Å². The molecule has 3 rings (SSSR count). The molecule has 0 unspecified atom stereocenters. The SMILES string of the molecule is CSc1nc2nc(C)c(CC(=O)OCc3ccccc3[N+](=O)[O-])c(C)n2n1. The van der Waals surface area contributed by atoms with Crippen LogP contribution in [-0.2, 0) is 22.6 Å². The lowest BCUT2D eigenvalue weighted by atomic mass is 10.1. The maximum atomic E-state index is 12.3. The van der Waals surface area contributed by atoms with Crippen molar-refractivity contribution in [3.63, 3.8) is 0 Å². The number of ether oxygens (including phenoxy) is 1. The van der Waals surface area contributed by atoms with E-state index in [9.17, 15) is 14.9 Å². The first-order valence-electron chi connectivity index (χ1n) is 8.05. The van der Waals surface area contributed by atoms with Crippen LogP contribution in [-0.4, -0.2) is 36.7 Å². The van der Waals surface area contributed by atoms with Gasteiger partial charge in [0.15, 0.2) is 0 Å². The van der Waals surface area contributed by atoms with Gasteiger partial charge < -0.3 is 4.74 Å². The third kappa shape index (κ3) is 3.90. The van der Waals surface area contributed by atoms with Gasteiger partial charge in [-0.3, -0.25) is 14.9 Å². The van der Waals surface area contributed by atoms with Crippen LogP contribution in [0.1, 0.15) is 22.5 Å². The van der Waals surface area contributed by atoms with E-state index in [1.807, 2.05) is 13.2 Å². The molecule has 0 fully saturated rings. The van der Waals surface area contributed by atoms with Crippen LogP contribution in [0.4, 0.5) is 5.69 Å². The van der Waals surface area contributed by atoms with Crippen molar-refractivity contribution in [3.05, 3.63) is 56.9 Å². The lowest BCUT2D eigenvalue weighted by Gasteiger charge is -2.10. The minimum Gasteiger partial charge on any atom is -0.460 e. The van der Waals surface area contributed by atoms with Crippen molar-refractivity contribution in [2.75, 3.05) is 6.26 Å². The van der Waals surface area contributed by atoms with Crippen LogP contribution in [0.3, 0.4) is 0 Å². The zero-order chi connectivity index (χ0) is 19.6. The second kappa shape index (κ2) is 7.70. The molecule has 0 radical (unpaired) electrons. The van der Waals surface area contributed by atoms with Crippen molar-refractivity contribution in [2.45, 2.75) is 32.0 Å². The van der Waals surface area contributed by atoms with E-state index in [1.54, 1.807) is 29.6 Å². The van der Waals surface area contributed by atoms with E-state index < -0.39 is 10.9 Å². The highest BCUT2D eigenvalue weighted by molar-refractivity contribution is 7.98. The smallest absolute Gasteiger partial charge is 0.310 e. The maximum absolute atomic E-state index is 12.3. The fourth-order valence-corrected chi connectivity index (χ4v) is 3.03. The first-order valence-corrected chi connectivity index (χ1v) is 9.28. The Morgan fingerprint density at radius 3 is 2.74 bits per heavy atom. The Bertz CT molecular complexity index is 1030. The van der Waals surface area contributed by atoms with Crippen molar-refractivity contribution in [3.8, 4) is 0 Å². The number of aromatic nitrogens is 4. The number of nitrogens with zero attached hydrogens (tertiary/aromatic N) is 5. The Morgan fingerprint density at radius 1 is 1.30 bits per heavy atom. The van der Waals surface area contributed by atoms with E-state index in [0.29, 0.717) is 27.8 Å². The molecule has 1 aromatic carbocycles. The highest BCUT2D eigenvalue weighted by Crippen LogP contribution is 2.20. The number of nitro benzene ring substituents is 1. The number of rotatable bonds is 6. The van der Waals surface area contributed by atoms with Crippen molar-refractivity contribution in [1.82, 2.24) is 19.6 Å². The summed E-state index contributed by atoms with van der Waals surface area (Å²) in [6, 6.07) is 6.17. The molecule has 0 bridgehead atoms. The third-order valence-electron chi connectivity index (χ3n) is 4.11. The second-order valence-electron chi connectivity index (χ2n) is 5.79. The molecule has 0 atom stereocenters. The summed E-state index contributed by atoms with van der Waals surface area (Å²) < 4.78 is 6.85. The fourth-order valence-electron chi connectivity index (χ4n) is 2.70. The van der Waals surface area contributed by atoms with Crippen LogP contribution < -0.4 is 0 Å². The monoisotopic (exact) mass is 387 g/mol. The van der Waals surface area contributed by atoms with Crippen LogP contribution in [0.5, 0.6) is 0 Å². The van der Waals surface area contributed by atoms with Gasteiger partial charge in [0, 0.05) is 23.0 Å². The molecule has 9 nitrogen and oxygen atoms in total. The third-order valence-corrected chi connectivity index (χ3v) is 4.65. The molecule has 0 aliphatic rings. The van der Waals surface area contributed by atoms with Crippen LogP contribution >= 0.6 is 11.8 Å². The standard InChI is InChI=1S/C17H17N5O4S/c1-10-13(11(2)21-16(18-10)19-17(20-21)27-3)8-15(23)26-9-12-6-4-5-7-14(12)22(24)25/h4-7H,8-9H2,1-3H3. The molecule has 27 heavy (non-hydrogen) atoms. The van der Waals surface area contributed by atoms with E-state index >= 15 is 0 Å². The van der Waals surface area contributed by atoms with Gasteiger partial charge in [0.1, 0.15) is 6.61 Å². The number of esters is 1. The van der Waals surface area contributed by atoms with Crippen molar-refractivity contribution in [1.29, 1.82) is 0 Å². The summed E-state index contributed by atoms with van der Waals surface area (Å²) in [6.07, 6.45) is 1.87. The predicted molar refractivity (Wildman–Crippen MR) is 98.6 cm³/mol. The number of hydrogen-bond donors (Lipinski definition) is 0. The van der Waals surface area contributed by atoms with Crippen LogP contribution in [0, 0.1) is 24.0 Å². The summed E-state index contributed by atoms with van der Waals surface area (Å²) >= 11 is 1.41. The van der Waals surface area contributed by atoms with Gasteiger partial charge in [0.25, 0.3) is 11.5 Å². The number of nitro groups is 1. The molecule has 0 spiro atoms. The largest absolute Gasteiger partial charge is 0.460 e. The molecule has 0 aliphatic carbocycles. The molecule has 10 heteroatoms. The zero-order valence-corrected chi connectivity index (χ0v) is 15.8. The molecule has 2 aromatic heterocycles. The molecule has 0 amide bonds. The van der Waals surface area contributed by atoms with Gasteiger partial charge in [0.05, 0.1) is 16.9 Å². The summed E-state index contributed by atoms with van der Waals surface area (Å²) in [5, 5.41) is 16.0. The molecule has 0 saturated carbocycles. The summed E-state index contributed by atoms with van der Waals surface area (Å²) in [5.74, 6) is -0.0166. The minimum absolute atomic E-state index is 0.00427. The Kier molecular flexibility index (Phi) is 5.36. The molecular weight excluding hydrogens is 370 g/mol. The van der Waals surface area contributed by atoms with Crippen molar-refractivity contribution < 1.29 is 14.5 Å². The van der Waals surface area contributed by atoms with E-state index in [1.165, 1.54) is 17.8 Å². The average molecular weight is 387 g/mol. The highest BCUT2D eigenvalue weighted by atomic mass is 32.2. The van der Waals surface area contributed by atoms with E-state index in [0.717, 1.165) is 5.69 Å². The van der Waals surface area contributed by atoms with Crippen LogP contribution in [0.25, 0.3) is 5.78 Å². The average Bonchev–Trinajstić information content (AvgIpc) is 3.06. The number of thioether (sulfide) groups is 1. The van der Waals surface area contributed by atoms with Crippen LogP contribution in [0.15, 0.2) is 29.4 Å². The molecule has 0 aliphatic heterocycles. The van der Waals surface area contributed by atoms with E-state index in [4.69, 9.17) is 4.74 Å². The van der Waals surface area contributed by atoms with Gasteiger partial charge in [-0.1, -0.05) is 23.9 Å². The Balaban J connectivity index is 1.77. The lowest BCUT2D eigenvalue weighted by molar-refractivity contribution is -0.385. The van der Waals surface area contributed by atoms with Crippen molar-refractivity contribution >= 4 is 29.2 Å². The van der Waals surface area contributed by atoms with Gasteiger partial charge in [-0.2, -0.15) is 4.98 Å². The summed E-state index contributed by atoms with van der Waals surface area (Å²) in [4.78, 5) is 31.5. The Labute approximate surface area is 158 Å². The molecule has 0 N–H and O–H groups in total. The Morgan fingerprint density at radius 2 is 2.04 bits per heavy atom. The normalized spacial score (nSPS) is 10.9. The fraction of sp³-hybridized carbons (Fsp3) is 0.294. The summed E-state index contributed by atoms with van der Waals surface area (Å²) in [7, 11) is 0. The molecule has 140 valence electrons. The number of carbonyl (C=O) groups excluding carboxylic acids is 1. The van der Waals surface area contributed by atoms with Gasteiger partial charge in [0.2, 0.25) is 5.16 Å². The van der Waals surface area contributed by atoms with Crippen LogP contribution in [0.2, 0.25) is 0 Å². The van der Waals surface area contributed by atoms with E-state index in [-0.39, 0.29) is 18.7 Å². The molecule has 2 heterocycles. The highest BCUT2D eigenvalue weighted by Gasteiger charge is 2.18. The van der Waals surface area contributed by atoms with Gasteiger partial charge in [-0.05, 0) is 26.2 Å². The first-order chi connectivity index (χ1) is 12.9. The maximum Gasteiger partial charge on any atom is 0.310 e. The number of para-hydroxylation sites is 1. The molecule has 3 aromatic rings.